The first-order chi connectivity index (χ1) is 9.56. The lowest BCUT2D eigenvalue weighted by Crippen LogP contribution is -2.22. The SMILES string of the molecule is Cc1ccccc1NC(=O)CNc1cc(Br)ccc1F. The molecule has 0 aliphatic carbocycles. The van der Waals surface area contributed by atoms with Gasteiger partial charge in [0, 0.05) is 10.2 Å². The molecule has 2 rings (SSSR count). The first kappa shape index (κ1) is 14.5. The maximum atomic E-state index is 13.5. The van der Waals surface area contributed by atoms with Crippen LogP contribution < -0.4 is 10.6 Å². The summed E-state index contributed by atoms with van der Waals surface area (Å²) in [6, 6.07) is 12.0. The fraction of sp³-hybridized carbons (Fsp3) is 0.133. The lowest BCUT2D eigenvalue weighted by Gasteiger charge is -2.10. The molecule has 20 heavy (non-hydrogen) atoms. The number of anilines is 2. The number of para-hydroxylation sites is 1. The minimum Gasteiger partial charge on any atom is -0.374 e. The minimum atomic E-state index is -0.392. The van der Waals surface area contributed by atoms with Crippen LogP contribution in [0.3, 0.4) is 0 Å². The summed E-state index contributed by atoms with van der Waals surface area (Å²) in [6.07, 6.45) is 0. The van der Waals surface area contributed by atoms with E-state index in [1.807, 2.05) is 31.2 Å². The van der Waals surface area contributed by atoms with Gasteiger partial charge in [-0.05, 0) is 36.8 Å². The van der Waals surface area contributed by atoms with Crippen molar-refractivity contribution < 1.29 is 9.18 Å². The maximum absolute atomic E-state index is 13.5. The zero-order valence-corrected chi connectivity index (χ0v) is 12.5. The minimum absolute atomic E-state index is 0.00169. The third-order valence-corrected chi connectivity index (χ3v) is 3.28. The molecule has 5 heteroatoms. The number of carbonyl (C=O) groups excluding carboxylic acids is 1. The Kier molecular flexibility index (Phi) is 4.74. The predicted octanol–water partition coefficient (Wildman–Crippen LogP) is 3.95. The summed E-state index contributed by atoms with van der Waals surface area (Å²) >= 11 is 3.26. The monoisotopic (exact) mass is 336 g/mol. The van der Waals surface area contributed by atoms with Gasteiger partial charge < -0.3 is 10.6 Å². The zero-order valence-electron chi connectivity index (χ0n) is 10.9. The largest absolute Gasteiger partial charge is 0.374 e. The van der Waals surface area contributed by atoms with Crippen molar-refractivity contribution in [1.29, 1.82) is 0 Å². The van der Waals surface area contributed by atoms with Gasteiger partial charge in [-0.3, -0.25) is 4.79 Å². The zero-order chi connectivity index (χ0) is 14.5. The number of rotatable bonds is 4. The summed E-state index contributed by atoms with van der Waals surface area (Å²) in [5.41, 5.74) is 2.03. The van der Waals surface area contributed by atoms with E-state index >= 15 is 0 Å². The summed E-state index contributed by atoms with van der Waals surface area (Å²) < 4.78 is 14.2. The summed E-state index contributed by atoms with van der Waals surface area (Å²) in [7, 11) is 0. The average molecular weight is 337 g/mol. The van der Waals surface area contributed by atoms with Crippen LogP contribution in [-0.4, -0.2) is 12.5 Å². The Balaban J connectivity index is 1.96. The van der Waals surface area contributed by atoms with Crippen molar-refractivity contribution in [2.24, 2.45) is 0 Å². The Labute approximate surface area is 125 Å². The molecule has 0 aliphatic heterocycles. The summed E-state index contributed by atoms with van der Waals surface area (Å²) in [5, 5.41) is 5.56. The molecule has 0 spiro atoms. The van der Waals surface area contributed by atoms with Crippen molar-refractivity contribution in [2.75, 3.05) is 17.2 Å². The van der Waals surface area contributed by atoms with Gasteiger partial charge in [0.2, 0.25) is 5.91 Å². The van der Waals surface area contributed by atoms with Crippen molar-refractivity contribution in [3.05, 3.63) is 58.3 Å². The van der Waals surface area contributed by atoms with Gasteiger partial charge >= 0.3 is 0 Å². The lowest BCUT2D eigenvalue weighted by atomic mass is 10.2. The Hall–Kier alpha value is -1.88. The van der Waals surface area contributed by atoms with E-state index < -0.39 is 5.82 Å². The molecule has 0 saturated heterocycles. The molecule has 2 N–H and O–H groups in total. The Morgan fingerprint density at radius 3 is 2.70 bits per heavy atom. The van der Waals surface area contributed by atoms with Gasteiger partial charge in [-0.15, -0.1) is 0 Å². The van der Waals surface area contributed by atoms with Gasteiger partial charge in [-0.1, -0.05) is 34.1 Å². The third-order valence-electron chi connectivity index (χ3n) is 2.79. The van der Waals surface area contributed by atoms with E-state index in [9.17, 15) is 9.18 Å². The fourth-order valence-corrected chi connectivity index (χ4v) is 2.08. The molecular formula is C15H14BrFN2O. The van der Waals surface area contributed by atoms with Gasteiger partial charge in [0.15, 0.2) is 0 Å². The second-order valence-corrected chi connectivity index (χ2v) is 5.26. The molecule has 0 radical (unpaired) electrons. The molecule has 1 amide bonds. The smallest absolute Gasteiger partial charge is 0.243 e. The van der Waals surface area contributed by atoms with Crippen molar-refractivity contribution in [3.63, 3.8) is 0 Å². The van der Waals surface area contributed by atoms with Crippen molar-refractivity contribution >= 4 is 33.2 Å². The molecular weight excluding hydrogens is 323 g/mol. The molecule has 0 saturated carbocycles. The average Bonchev–Trinajstić information content (AvgIpc) is 2.42. The van der Waals surface area contributed by atoms with Gasteiger partial charge in [0.25, 0.3) is 0 Å². The number of amides is 1. The van der Waals surface area contributed by atoms with Crippen LogP contribution in [0.15, 0.2) is 46.9 Å². The van der Waals surface area contributed by atoms with Gasteiger partial charge in [-0.2, -0.15) is 0 Å². The normalized spacial score (nSPS) is 10.2. The molecule has 2 aromatic carbocycles. The number of hydrogen-bond acceptors (Lipinski definition) is 2. The highest BCUT2D eigenvalue weighted by molar-refractivity contribution is 9.10. The number of aryl methyl sites for hydroxylation is 1. The van der Waals surface area contributed by atoms with E-state index in [2.05, 4.69) is 26.6 Å². The number of hydrogen-bond donors (Lipinski definition) is 2. The Morgan fingerprint density at radius 2 is 1.95 bits per heavy atom. The van der Waals surface area contributed by atoms with Crippen LogP contribution >= 0.6 is 15.9 Å². The molecule has 3 nitrogen and oxygen atoms in total. The third kappa shape index (κ3) is 3.81. The van der Waals surface area contributed by atoms with Crippen LogP contribution in [0, 0.1) is 12.7 Å². The van der Waals surface area contributed by atoms with Crippen LogP contribution in [0.25, 0.3) is 0 Å². The first-order valence-electron chi connectivity index (χ1n) is 6.10. The fourth-order valence-electron chi connectivity index (χ4n) is 1.72. The highest BCUT2D eigenvalue weighted by atomic mass is 79.9. The second kappa shape index (κ2) is 6.52. The van der Waals surface area contributed by atoms with E-state index in [0.717, 1.165) is 15.7 Å². The molecule has 0 aromatic heterocycles. The van der Waals surface area contributed by atoms with E-state index in [4.69, 9.17) is 0 Å². The van der Waals surface area contributed by atoms with Crippen LogP contribution in [-0.2, 0) is 4.79 Å². The maximum Gasteiger partial charge on any atom is 0.243 e. The first-order valence-corrected chi connectivity index (χ1v) is 6.90. The second-order valence-electron chi connectivity index (χ2n) is 4.34. The van der Waals surface area contributed by atoms with Crippen LogP contribution in [0.1, 0.15) is 5.56 Å². The molecule has 0 fully saturated rings. The number of nitrogens with one attached hydrogen (secondary N) is 2. The highest BCUT2D eigenvalue weighted by Crippen LogP contribution is 2.20. The van der Waals surface area contributed by atoms with Crippen molar-refractivity contribution in [2.45, 2.75) is 6.92 Å². The number of carbonyl (C=O) groups is 1. The molecule has 0 unspecified atom stereocenters. The van der Waals surface area contributed by atoms with Crippen LogP contribution in [0.2, 0.25) is 0 Å². The number of halogens is 2. The standard InChI is InChI=1S/C15H14BrFN2O/c1-10-4-2-3-5-13(10)19-15(20)9-18-14-8-11(16)6-7-12(14)17/h2-8,18H,9H2,1H3,(H,19,20). The van der Waals surface area contributed by atoms with Crippen molar-refractivity contribution in [3.8, 4) is 0 Å². The van der Waals surface area contributed by atoms with Crippen molar-refractivity contribution in [1.82, 2.24) is 0 Å². The summed E-state index contributed by atoms with van der Waals surface area (Å²) in [4.78, 5) is 11.8. The van der Waals surface area contributed by atoms with E-state index in [0.29, 0.717) is 5.69 Å². The molecule has 0 atom stereocenters. The molecule has 0 aliphatic rings. The Morgan fingerprint density at radius 1 is 1.20 bits per heavy atom. The van der Waals surface area contributed by atoms with E-state index in [-0.39, 0.29) is 12.5 Å². The molecule has 2 aromatic rings. The topological polar surface area (TPSA) is 41.1 Å². The van der Waals surface area contributed by atoms with E-state index in [1.54, 1.807) is 12.1 Å². The summed E-state index contributed by atoms with van der Waals surface area (Å²) in [5.74, 6) is -0.615. The van der Waals surface area contributed by atoms with Crippen LogP contribution in [0.4, 0.5) is 15.8 Å². The molecule has 104 valence electrons. The lowest BCUT2D eigenvalue weighted by molar-refractivity contribution is -0.114. The highest BCUT2D eigenvalue weighted by Gasteiger charge is 2.07. The van der Waals surface area contributed by atoms with Crippen LogP contribution in [0.5, 0.6) is 0 Å². The molecule has 0 bridgehead atoms. The number of benzene rings is 2. The van der Waals surface area contributed by atoms with Gasteiger partial charge in [0.1, 0.15) is 5.82 Å². The van der Waals surface area contributed by atoms with Gasteiger partial charge in [-0.25, -0.2) is 4.39 Å². The predicted molar refractivity (Wildman–Crippen MR) is 82.4 cm³/mol. The quantitative estimate of drug-likeness (QED) is 0.887. The van der Waals surface area contributed by atoms with E-state index in [1.165, 1.54) is 6.07 Å². The van der Waals surface area contributed by atoms with Gasteiger partial charge in [0.05, 0.1) is 12.2 Å². The summed E-state index contributed by atoms with van der Waals surface area (Å²) in [6.45, 7) is 1.92. The molecule has 0 heterocycles. The Bertz CT molecular complexity index is 631.